The minimum atomic E-state index is -3.65. The molecule has 1 aromatic rings. The lowest BCUT2D eigenvalue weighted by atomic mass is 9.94. The third kappa shape index (κ3) is 3.81. The molecule has 104 valence electrons. The number of rotatable bonds is 4. The number of anilines is 1. The molecule has 1 atom stereocenters. The zero-order chi connectivity index (χ0) is 13.9. The monoisotopic (exact) mass is 280 g/mol. The van der Waals surface area contributed by atoms with Crippen LogP contribution in [0.1, 0.15) is 24.8 Å². The Morgan fingerprint density at radius 2 is 2.16 bits per heavy atom. The molecule has 0 saturated heterocycles. The summed E-state index contributed by atoms with van der Waals surface area (Å²) in [5, 5.41) is 8.50. The average molecular weight is 280 g/mol. The molecule has 0 amide bonds. The van der Waals surface area contributed by atoms with Crippen LogP contribution >= 0.6 is 0 Å². The summed E-state index contributed by atoms with van der Waals surface area (Å²) in [6.07, 6.45) is 7.81. The molecule has 4 nitrogen and oxygen atoms in total. The molecule has 0 radical (unpaired) electrons. The van der Waals surface area contributed by atoms with Gasteiger partial charge in [0, 0.05) is 12.2 Å². The summed E-state index contributed by atoms with van der Waals surface area (Å²) in [4.78, 5) is 0.195. The first-order valence-corrected chi connectivity index (χ1v) is 8.04. The van der Waals surface area contributed by atoms with Crippen LogP contribution in [0.3, 0.4) is 0 Å². The highest BCUT2D eigenvalue weighted by Crippen LogP contribution is 2.22. The number of benzene rings is 1. The van der Waals surface area contributed by atoms with Crippen LogP contribution in [-0.4, -0.2) is 15.0 Å². The molecule has 1 unspecified atom stereocenters. The normalized spacial score (nSPS) is 19.4. The van der Waals surface area contributed by atoms with Gasteiger partial charge in [0.05, 0.1) is 4.90 Å². The van der Waals surface area contributed by atoms with E-state index < -0.39 is 10.0 Å². The van der Waals surface area contributed by atoms with Gasteiger partial charge in [-0.1, -0.05) is 18.2 Å². The molecule has 1 aromatic carbocycles. The van der Waals surface area contributed by atoms with Gasteiger partial charge in [0.15, 0.2) is 0 Å². The van der Waals surface area contributed by atoms with Gasteiger partial charge in [-0.25, -0.2) is 13.6 Å². The number of nitrogens with two attached hydrogens (primary N) is 1. The standard InChI is InChI=1S/C14H20N2O2S/c1-11-7-8-13(9-14(11)19(15,17)18)16-10-12-5-3-2-4-6-12/h2-3,7-9,12,16H,4-6,10H2,1H3,(H2,15,17,18). The number of hydrogen-bond donors (Lipinski definition) is 2. The van der Waals surface area contributed by atoms with Crippen LogP contribution in [-0.2, 0) is 10.0 Å². The Hall–Kier alpha value is -1.33. The lowest BCUT2D eigenvalue weighted by molar-refractivity contribution is 0.504. The lowest BCUT2D eigenvalue weighted by Gasteiger charge is -2.19. The minimum absolute atomic E-state index is 0.195. The van der Waals surface area contributed by atoms with Crippen LogP contribution in [0, 0.1) is 12.8 Å². The van der Waals surface area contributed by atoms with Crippen molar-refractivity contribution in [3.63, 3.8) is 0 Å². The third-order valence-electron chi connectivity index (χ3n) is 3.47. The Bertz CT molecular complexity index is 579. The number of primary sulfonamides is 1. The molecular weight excluding hydrogens is 260 g/mol. The van der Waals surface area contributed by atoms with Crippen LogP contribution in [0.4, 0.5) is 5.69 Å². The summed E-state index contributed by atoms with van der Waals surface area (Å²) >= 11 is 0. The largest absolute Gasteiger partial charge is 0.385 e. The first-order valence-electron chi connectivity index (χ1n) is 6.49. The van der Waals surface area contributed by atoms with Crippen LogP contribution < -0.4 is 10.5 Å². The topological polar surface area (TPSA) is 72.2 Å². The molecule has 0 fully saturated rings. The molecule has 1 aliphatic carbocycles. The van der Waals surface area contributed by atoms with Crippen molar-refractivity contribution in [2.24, 2.45) is 11.1 Å². The smallest absolute Gasteiger partial charge is 0.238 e. The fraction of sp³-hybridized carbons (Fsp3) is 0.429. The van der Waals surface area contributed by atoms with Gasteiger partial charge in [0.2, 0.25) is 10.0 Å². The Kier molecular flexibility index (Phi) is 4.27. The summed E-state index contributed by atoms with van der Waals surface area (Å²) in [6, 6.07) is 5.29. The second-order valence-corrected chi connectivity index (χ2v) is 6.59. The Morgan fingerprint density at radius 3 is 2.79 bits per heavy atom. The zero-order valence-corrected chi connectivity index (χ0v) is 11.9. The maximum atomic E-state index is 11.5. The van der Waals surface area contributed by atoms with Crippen LogP contribution in [0.15, 0.2) is 35.2 Å². The Morgan fingerprint density at radius 1 is 1.37 bits per heavy atom. The summed E-state index contributed by atoms with van der Waals surface area (Å²) < 4.78 is 22.9. The minimum Gasteiger partial charge on any atom is -0.385 e. The van der Waals surface area contributed by atoms with Gasteiger partial charge < -0.3 is 5.32 Å². The lowest BCUT2D eigenvalue weighted by Crippen LogP contribution is -2.17. The Labute approximate surface area is 114 Å². The van der Waals surface area contributed by atoms with Gasteiger partial charge in [-0.05, 0) is 49.8 Å². The molecule has 0 saturated carbocycles. The van der Waals surface area contributed by atoms with Gasteiger partial charge in [-0.2, -0.15) is 0 Å². The highest BCUT2D eigenvalue weighted by Gasteiger charge is 2.13. The van der Waals surface area contributed by atoms with Crippen molar-refractivity contribution in [1.82, 2.24) is 0 Å². The van der Waals surface area contributed by atoms with E-state index in [1.165, 1.54) is 6.42 Å². The predicted octanol–water partition coefficient (Wildman–Crippen LogP) is 2.41. The molecule has 5 heteroatoms. The van der Waals surface area contributed by atoms with E-state index in [4.69, 9.17) is 5.14 Å². The van der Waals surface area contributed by atoms with Gasteiger partial charge >= 0.3 is 0 Å². The fourth-order valence-corrected chi connectivity index (χ4v) is 3.13. The van der Waals surface area contributed by atoms with Gasteiger partial charge in [-0.15, -0.1) is 0 Å². The average Bonchev–Trinajstić information content (AvgIpc) is 2.37. The van der Waals surface area contributed by atoms with Crippen LogP contribution in [0.5, 0.6) is 0 Å². The van der Waals surface area contributed by atoms with Gasteiger partial charge in [0.1, 0.15) is 0 Å². The van der Waals surface area contributed by atoms with Crippen molar-refractivity contribution < 1.29 is 8.42 Å². The van der Waals surface area contributed by atoms with Crippen LogP contribution in [0.25, 0.3) is 0 Å². The quantitative estimate of drug-likeness (QED) is 0.832. The van der Waals surface area contributed by atoms with Crippen molar-refractivity contribution in [1.29, 1.82) is 0 Å². The van der Waals surface area contributed by atoms with Crippen LogP contribution in [0.2, 0.25) is 0 Å². The third-order valence-corrected chi connectivity index (χ3v) is 4.52. The molecule has 0 heterocycles. The van der Waals surface area contributed by atoms with Crippen molar-refractivity contribution in [3.05, 3.63) is 35.9 Å². The molecule has 19 heavy (non-hydrogen) atoms. The van der Waals surface area contributed by atoms with E-state index in [1.807, 2.05) is 6.07 Å². The first-order chi connectivity index (χ1) is 8.97. The number of nitrogens with one attached hydrogen (secondary N) is 1. The van der Waals surface area contributed by atoms with E-state index in [2.05, 4.69) is 17.5 Å². The summed E-state index contributed by atoms with van der Waals surface area (Å²) in [7, 11) is -3.65. The molecule has 0 aliphatic heterocycles. The van der Waals surface area contributed by atoms with Crippen molar-refractivity contribution in [2.75, 3.05) is 11.9 Å². The Balaban J connectivity index is 2.07. The second-order valence-electron chi connectivity index (χ2n) is 5.06. The maximum absolute atomic E-state index is 11.5. The molecule has 2 rings (SSSR count). The van der Waals surface area contributed by atoms with E-state index in [0.29, 0.717) is 11.5 Å². The van der Waals surface area contributed by atoms with Gasteiger partial charge in [0.25, 0.3) is 0 Å². The van der Waals surface area contributed by atoms with Crippen molar-refractivity contribution >= 4 is 15.7 Å². The molecule has 0 bridgehead atoms. The highest BCUT2D eigenvalue weighted by atomic mass is 32.2. The van der Waals surface area contributed by atoms with Crippen molar-refractivity contribution in [2.45, 2.75) is 31.1 Å². The first kappa shape index (κ1) is 14.1. The molecule has 0 spiro atoms. The summed E-state index contributed by atoms with van der Waals surface area (Å²) in [5.74, 6) is 0.615. The maximum Gasteiger partial charge on any atom is 0.238 e. The zero-order valence-electron chi connectivity index (χ0n) is 11.1. The molecule has 1 aliphatic rings. The molecular formula is C14H20N2O2S. The number of aryl methyl sites for hydroxylation is 1. The van der Waals surface area contributed by atoms with Gasteiger partial charge in [-0.3, -0.25) is 0 Å². The predicted molar refractivity (Wildman–Crippen MR) is 77.5 cm³/mol. The highest BCUT2D eigenvalue weighted by molar-refractivity contribution is 7.89. The molecule has 3 N–H and O–H groups in total. The van der Waals surface area contributed by atoms with E-state index in [0.717, 1.165) is 25.1 Å². The van der Waals surface area contributed by atoms with E-state index in [-0.39, 0.29) is 4.90 Å². The van der Waals surface area contributed by atoms with E-state index in [1.54, 1.807) is 19.1 Å². The van der Waals surface area contributed by atoms with E-state index >= 15 is 0 Å². The van der Waals surface area contributed by atoms with E-state index in [9.17, 15) is 8.42 Å². The summed E-state index contributed by atoms with van der Waals surface area (Å²) in [5.41, 5.74) is 1.48. The number of sulfonamides is 1. The molecule has 0 aromatic heterocycles. The fourth-order valence-electron chi connectivity index (χ4n) is 2.32. The number of allylic oxidation sites excluding steroid dienone is 2. The number of hydrogen-bond acceptors (Lipinski definition) is 3. The van der Waals surface area contributed by atoms with Crippen molar-refractivity contribution in [3.8, 4) is 0 Å². The summed E-state index contributed by atoms with van der Waals surface area (Å²) in [6.45, 7) is 2.60. The SMILES string of the molecule is Cc1ccc(NCC2CC=CCC2)cc1S(N)(=O)=O. The second kappa shape index (κ2) is 5.75.